The molecule has 2 rings (SSSR count). The number of carbonyl (C=O) groups is 1. The number of carbonyl (C=O) groups excluding carboxylic acids is 1. The molecule has 0 aromatic heterocycles. The number of nitrogens with one attached hydrogen (secondary N) is 1. The highest BCUT2D eigenvalue weighted by atomic mass is 35.5. The van der Waals surface area contributed by atoms with E-state index in [1.54, 1.807) is 0 Å². The molecule has 1 N–H and O–H groups in total. The van der Waals surface area contributed by atoms with Crippen LogP contribution in [0.3, 0.4) is 0 Å². The molecule has 1 aromatic carbocycles. The Morgan fingerprint density at radius 1 is 1.22 bits per heavy atom. The Labute approximate surface area is 114 Å². The summed E-state index contributed by atoms with van der Waals surface area (Å²) in [6, 6.07) is 7.89. The van der Waals surface area contributed by atoms with E-state index in [1.165, 1.54) is 12.8 Å². The monoisotopic (exact) mass is 265 g/mol. The number of hydrogen-bond acceptors (Lipinski definition) is 1. The summed E-state index contributed by atoms with van der Waals surface area (Å²) in [5, 5.41) is 3.86. The number of rotatable bonds is 3. The van der Waals surface area contributed by atoms with Crippen LogP contribution in [0.2, 0.25) is 5.02 Å². The van der Waals surface area contributed by atoms with Gasteiger partial charge in [0.25, 0.3) is 0 Å². The Morgan fingerprint density at radius 2 is 1.78 bits per heavy atom. The molecule has 0 aliphatic heterocycles. The van der Waals surface area contributed by atoms with Gasteiger partial charge >= 0.3 is 0 Å². The number of halogens is 1. The van der Waals surface area contributed by atoms with Crippen molar-refractivity contribution in [3.63, 3.8) is 0 Å². The molecular formula is C15H20ClNO. The second-order valence-electron chi connectivity index (χ2n) is 5.59. The Hall–Kier alpha value is -1.02. The molecule has 0 saturated heterocycles. The predicted octanol–water partition coefficient (Wildman–Crippen LogP) is 3.68. The molecule has 18 heavy (non-hydrogen) atoms. The molecular weight excluding hydrogens is 246 g/mol. The van der Waals surface area contributed by atoms with Gasteiger partial charge in [0.2, 0.25) is 5.91 Å². The SMILES string of the molecule is CC(C)(C(=O)NC1CCCC1)c1ccc(Cl)cc1. The van der Waals surface area contributed by atoms with Crippen molar-refractivity contribution < 1.29 is 4.79 Å². The highest BCUT2D eigenvalue weighted by Crippen LogP contribution is 2.26. The van der Waals surface area contributed by atoms with Gasteiger partial charge in [0.1, 0.15) is 0 Å². The van der Waals surface area contributed by atoms with E-state index in [1.807, 2.05) is 38.1 Å². The van der Waals surface area contributed by atoms with Crippen LogP contribution in [0.15, 0.2) is 24.3 Å². The van der Waals surface area contributed by atoms with Gasteiger partial charge in [-0.25, -0.2) is 0 Å². The molecule has 2 nitrogen and oxygen atoms in total. The minimum absolute atomic E-state index is 0.108. The Kier molecular flexibility index (Phi) is 3.96. The highest BCUT2D eigenvalue weighted by Gasteiger charge is 2.31. The van der Waals surface area contributed by atoms with E-state index in [4.69, 9.17) is 11.6 Å². The molecule has 0 spiro atoms. The third-order valence-electron chi connectivity index (χ3n) is 3.82. The number of hydrogen-bond donors (Lipinski definition) is 1. The van der Waals surface area contributed by atoms with Crippen LogP contribution < -0.4 is 5.32 Å². The molecule has 1 aromatic rings. The van der Waals surface area contributed by atoms with Crippen molar-refractivity contribution in [3.8, 4) is 0 Å². The van der Waals surface area contributed by atoms with Crippen LogP contribution in [0.1, 0.15) is 45.1 Å². The lowest BCUT2D eigenvalue weighted by molar-refractivity contribution is -0.126. The molecule has 1 aliphatic rings. The molecule has 0 heterocycles. The van der Waals surface area contributed by atoms with Crippen molar-refractivity contribution in [2.24, 2.45) is 0 Å². The van der Waals surface area contributed by atoms with Crippen LogP contribution in [-0.2, 0) is 10.2 Å². The molecule has 0 radical (unpaired) electrons. The first kappa shape index (κ1) is 13.4. The average Bonchev–Trinajstić information content (AvgIpc) is 2.82. The molecule has 1 amide bonds. The van der Waals surface area contributed by atoms with Crippen LogP contribution in [0.4, 0.5) is 0 Å². The van der Waals surface area contributed by atoms with Gasteiger partial charge in [-0.1, -0.05) is 36.6 Å². The van der Waals surface area contributed by atoms with Crippen LogP contribution in [0.25, 0.3) is 0 Å². The van der Waals surface area contributed by atoms with E-state index in [2.05, 4.69) is 5.32 Å². The summed E-state index contributed by atoms with van der Waals surface area (Å²) in [5.41, 5.74) is 0.495. The second-order valence-corrected chi connectivity index (χ2v) is 6.02. The van der Waals surface area contributed by atoms with Gasteiger partial charge in [0.05, 0.1) is 5.41 Å². The van der Waals surface area contributed by atoms with E-state index < -0.39 is 5.41 Å². The highest BCUT2D eigenvalue weighted by molar-refractivity contribution is 6.30. The molecule has 1 fully saturated rings. The first-order valence-electron chi connectivity index (χ1n) is 6.57. The largest absolute Gasteiger partial charge is 0.353 e. The van der Waals surface area contributed by atoms with Crippen molar-refractivity contribution in [2.75, 3.05) is 0 Å². The molecule has 1 saturated carbocycles. The van der Waals surface area contributed by atoms with Crippen molar-refractivity contribution in [1.29, 1.82) is 0 Å². The summed E-state index contributed by atoms with van der Waals surface area (Å²) in [5.74, 6) is 0.108. The molecule has 98 valence electrons. The van der Waals surface area contributed by atoms with Crippen molar-refractivity contribution in [2.45, 2.75) is 51.0 Å². The summed E-state index contributed by atoms with van der Waals surface area (Å²) in [6.07, 6.45) is 4.68. The molecule has 1 aliphatic carbocycles. The van der Waals surface area contributed by atoms with E-state index >= 15 is 0 Å². The van der Waals surface area contributed by atoms with Gasteiger partial charge in [-0.3, -0.25) is 4.79 Å². The molecule has 0 bridgehead atoms. The third kappa shape index (κ3) is 2.86. The van der Waals surface area contributed by atoms with Crippen molar-refractivity contribution >= 4 is 17.5 Å². The van der Waals surface area contributed by atoms with Crippen LogP contribution in [0.5, 0.6) is 0 Å². The topological polar surface area (TPSA) is 29.1 Å². The Morgan fingerprint density at radius 3 is 2.33 bits per heavy atom. The average molecular weight is 266 g/mol. The van der Waals surface area contributed by atoms with Gasteiger partial charge in [-0.15, -0.1) is 0 Å². The lowest BCUT2D eigenvalue weighted by atomic mass is 9.83. The fourth-order valence-electron chi connectivity index (χ4n) is 2.43. The zero-order valence-electron chi connectivity index (χ0n) is 11.0. The summed E-state index contributed by atoms with van der Waals surface area (Å²) in [4.78, 5) is 12.4. The quantitative estimate of drug-likeness (QED) is 0.888. The lowest BCUT2D eigenvalue weighted by Gasteiger charge is -2.26. The van der Waals surface area contributed by atoms with E-state index in [0.29, 0.717) is 11.1 Å². The van der Waals surface area contributed by atoms with E-state index in [0.717, 1.165) is 18.4 Å². The van der Waals surface area contributed by atoms with Gasteiger partial charge in [0, 0.05) is 11.1 Å². The lowest BCUT2D eigenvalue weighted by Crippen LogP contribution is -2.44. The fourth-order valence-corrected chi connectivity index (χ4v) is 2.56. The zero-order valence-corrected chi connectivity index (χ0v) is 11.8. The molecule has 0 atom stereocenters. The zero-order chi connectivity index (χ0) is 13.2. The van der Waals surface area contributed by atoms with Crippen LogP contribution in [-0.4, -0.2) is 11.9 Å². The first-order valence-corrected chi connectivity index (χ1v) is 6.95. The van der Waals surface area contributed by atoms with Gasteiger partial charge in [-0.05, 0) is 44.4 Å². The van der Waals surface area contributed by atoms with Gasteiger partial charge in [-0.2, -0.15) is 0 Å². The van der Waals surface area contributed by atoms with E-state index in [-0.39, 0.29) is 5.91 Å². The van der Waals surface area contributed by atoms with Crippen molar-refractivity contribution in [3.05, 3.63) is 34.9 Å². The Balaban J connectivity index is 2.08. The minimum Gasteiger partial charge on any atom is -0.353 e. The first-order chi connectivity index (χ1) is 8.50. The number of benzene rings is 1. The minimum atomic E-state index is -0.507. The van der Waals surface area contributed by atoms with Gasteiger partial charge < -0.3 is 5.32 Å². The third-order valence-corrected chi connectivity index (χ3v) is 4.08. The maximum atomic E-state index is 12.4. The smallest absolute Gasteiger partial charge is 0.230 e. The van der Waals surface area contributed by atoms with Crippen LogP contribution >= 0.6 is 11.6 Å². The summed E-state index contributed by atoms with van der Waals surface area (Å²) < 4.78 is 0. The van der Waals surface area contributed by atoms with Gasteiger partial charge in [0.15, 0.2) is 0 Å². The normalized spacial score (nSPS) is 16.8. The molecule has 3 heteroatoms. The molecule has 0 unspecified atom stereocenters. The maximum Gasteiger partial charge on any atom is 0.230 e. The van der Waals surface area contributed by atoms with Crippen molar-refractivity contribution in [1.82, 2.24) is 5.32 Å². The second kappa shape index (κ2) is 5.31. The summed E-state index contributed by atoms with van der Waals surface area (Å²) >= 11 is 5.88. The van der Waals surface area contributed by atoms with E-state index in [9.17, 15) is 4.79 Å². The number of amides is 1. The Bertz CT molecular complexity index is 419. The predicted molar refractivity (Wildman–Crippen MR) is 74.9 cm³/mol. The van der Waals surface area contributed by atoms with Crippen LogP contribution in [0, 0.1) is 0 Å². The maximum absolute atomic E-state index is 12.4. The summed E-state index contributed by atoms with van der Waals surface area (Å²) in [6.45, 7) is 3.92. The fraction of sp³-hybridized carbons (Fsp3) is 0.533. The standard InChI is InChI=1S/C15H20ClNO/c1-15(2,11-7-9-12(16)10-8-11)14(18)17-13-5-3-4-6-13/h7-10,13H,3-6H2,1-2H3,(H,17,18). The summed E-state index contributed by atoms with van der Waals surface area (Å²) in [7, 11) is 0.